The molecular formula is C18H21N3S. The van der Waals surface area contributed by atoms with Crippen LogP contribution in [0.1, 0.15) is 23.1 Å². The van der Waals surface area contributed by atoms with E-state index in [0.717, 1.165) is 30.6 Å². The first-order valence-corrected chi connectivity index (χ1v) is 8.66. The standard InChI is InChI=1S/C18H21N3S/c1-15-5-7-16(8-6-15)13-21(18-20-10-3-11-22-18)14-17-4-2-9-19-12-17/h2,4-9,12H,3,10-11,13-14H2,1H3. The Morgan fingerprint density at radius 1 is 1.09 bits per heavy atom. The van der Waals surface area contributed by atoms with Crippen molar-refractivity contribution in [1.29, 1.82) is 0 Å². The highest BCUT2D eigenvalue weighted by molar-refractivity contribution is 8.13. The molecule has 0 unspecified atom stereocenters. The molecule has 0 amide bonds. The molecule has 1 aliphatic rings. The fraction of sp³-hybridized carbons (Fsp3) is 0.333. The number of aryl methyl sites for hydroxylation is 1. The van der Waals surface area contributed by atoms with Gasteiger partial charge < -0.3 is 4.90 Å². The lowest BCUT2D eigenvalue weighted by atomic mass is 10.1. The van der Waals surface area contributed by atoms with Crippen molar-refractivity contribution in [1.82, 2.24) is 9.88 Å². The summed E-state index contributed by atoms with van der Waals surface area (Å²) in [6.45, 7) is 4.81. The topological polar surface area (TPSA) is 28.5 Å². The maximum atomic E-state index is 4.72. The van der Waals surface area contributed by atoms with E-state index in [2.05, 4.69) is 47.1 Å². The molecule has 0 spiro atoms. The van der Waals surface area contributed by atoms with E-state index in [1.807, 2.05) is 30.2 Å². The first-order valence-electron chi connectivity index (χ1n) is 7.68. The molecule has 114 valence electrons. The second kappa shape index (κ2) is 7.45. The van der Waals surface area contributed by atoms with Gasteiger partial charge in [-0.2, -0.15) is 0 Å². The van der Waals surface area contributed by atoms with Gasteiger partial charge in [-0.1, -0.05) is 47.7 Å². The molecule has 0 saturated heterocycles. The molecule has 0 bridgehead atoms. The van der Waals surface area contributed by atoms with Crippen LogP contribution in [-0.4, -0.2) is 27.3 Å². The molecule has 0 atom stereocenters. The van der Waals surface area contributed by atoms with E-state index in [4.69, 9.17) is 4.99 Å². The summed E-state index contributed by atoms with van der Waals surface area (Å²) in [7, 11) is 0. The minimum Gasteiger partial charge on any atom is -0.343 e. The van der Waals surface area contributed by atoms with E-state index in [0.29, 0.717) is 0 Å². The maximum Gasteiger partial charge on any atom is 0.159 e. The molecule has 1 aromatic carbocycles. The normalized spacial score (nSPS) is 14.5. The Bertz CT molecular complexity index is 623. The third-order valence-corrected chi connectivity index (χ3v) is 4.78. The van der Waals surface area contributed by atoms with Crippen molar-refractivity contribution in [3.8, 4) is 0 Å². The second-order valence-electron chi connectivity index (χ2n) is 5.57. The number of thioether (sulfide) groups is 1. The van der Waals surface area contributed by atoms with Crippen LogP contribution in [0.4, 0.5) is 0 Å². The van der Waals surface area contributed by atoms with Gasteiger partial charge in [0.05, 0.1) is 0 Å². The Balaban J connectivity index is 1.79. The van der Waals surface area contributed by atoms with Gasteiger partial charge in [-0.05, 0) is 30.5 Å². The van der Waals surface area contributed by atoms with E-state index in [1.165, 1.54) is 23.1 Å². The number of pyridine rings is 1. The Labute approximate surface area is 136 Å². The van der Waals surface area contributed by atoms with E-state index in [1.54, 1.807) is 0 Å². The van der Waals surface area contributed by atoms with Gasteiger partial charge in [0.2, 0.25) is 0 Å². The molecule has 2 heterocycles. The van der Waals surface area contributed by atoms with Crippen LogP contribution in [0.15, 0.2) is 53.8 Å². The van der Waals surface area contributed by atoms with Crippen molar-refractivity contribution in [2.75, 3.05) is 12.3 Å². The highest BCUT2D eigenvalue weighted by Gasteiger charge is 2.15. The smallest absolute Gasteiger partial charge is 0.159 e. The molecule has 0 fully saturated rings. The second-order valence-corrected chi connectivity index (χ2v) is 6.63. The van der Waals surface area contributed by atoms with Crippen LogP contribution in [0, 0.1) is 6.92 Å². The lowest BCUT2D eigenvalue weighted by Gasteiger charge is -2.27. The summed E-state index contributed by atoms with van der Waals surface area (Å²) < 4.78 is 0. The zero-order valence-electron chi connectivity index (χ0n) is 12.9. The van der Waals surface area contributed by atoms with Crippen LogP contribution in [0.2, 0.25) is 0 Å². The van der Waals surface area contributed by atoms with Gasteiger partial charge in [-0.15, -0.1) is 0 Å². The van der Waals surface area contributed by atoms with E-state index in [9.17, 15) is 0 Å². The molecule has 1 aliphatic heterocycles. The summed E-state index contributed by atoms with van der Waals surface area (Å²) >= 11 is 1.87. The number of aromatic nitrogens is 1. The minimum atomic E-state index is 0.855. The molecule has 0 saturated carbocycles. The third kappa shape index (κ3) is 4.10. The summed E-state index contributed by atoms with van der Waals surface area (Å²) in [6, 6.07) is 12.9. The van der Waals surface area contributed by atoms with Crippen LogP contribution in [0.5, 0.6) is 0 Å². The number of nitrogens with zero attached hydrogens (tertiary/aromatic N) is 3. The Kier molecular flexibility index (Phi) is 5.11. The van der Waals surface area contributed by atoms with Crippen molar-refractivity contribution in [2.45, 2.75) is 26.4 Å². The Morgan fingerprint density at radius 2 is 1.91 bits per heavy atom. The largest absolute Gasteiger partial charge is 0.343 e. The summed E-state index contributed by atoms with van der Waals surface area (Å²) in [6.07, 6.45) is 4.94. The Hall–Kier alpha value is -1.81. The summed E-state index contributed by atoms with van der Waals surface area (Å²) in [5.74, 6) is 1.16. The molecule has 3 nitrogen and oxygen atoms in total. The average Bonchev–Trinajstić information content (AvgIpc) is 2.58. The van der Waals surface area contributed by atoms with Crippen molar-refractivity contribution in [3.63, 3.8) is 0 Å². The summed E-state index contributed by atoms with van der Waals surface area (Å²) in [5.41, 5.74) is 3.85. The van der Waals surface area contributed by atoms with Gasteiger partial charge >= 0.3 is 0 Å². The van der Waals surface area contributed by atoms with Crippen LogP contribution in [0.25, 0.3) is 0 Å². The van der Waals surface area contributed by atoms with Crippen LogP contribution in [-0.2, 0) is 13.1 Å². The molecule has 0 N–H and O–H groups in total. The molecule has 3 rings (SSSR count). The predicted octanol–water partition coefficient (Wildman–Crippen LogP) is 3.89. The van der Waals surface area contributed by atoms with Crippen LogP contribution >= 0.6 is 11.8 Å². The zero-order valence-corrected chi connectivity index (χ0v) is 13.7. The van der Waals surface area contributed by atoms with Crippen molar-refractivity contribution in [3.05, 3.63) is 65.5 Å². The summed E-state index contributed by atoms with van der Waals surface area (Å²) in [5, 5.41) is 1.16. The van der Waals surface area contributed by atoms with Crippen molar-refractivity contribution in [2.24, 2.45) is 4.99 Å². The van der Waals surface area contributed by atoms with E-state index >= 15 is 0 Å². The number of benzene rings is 1. The van der Waals surface area contributed by atoms with Crippen molar-refractivity contribution >= 4 is 16.9 Å². The molecule has 0 radical (unpaired) electrons. The van der Waals surface area contributed by atoms with Crippen molar-refractivity contribution < 1.29 is 0 Å². The van der Waals surface area contributed by atoms with Gasteiger partial charge in [0.1, 0.15) is 0 Å². The number of hydrogen-bond acceptors (Lipinski definition) is 4. The monoisotopic (exact) mass is 311 g/mol. The molecule has 0 aliphatic carbocycles. The molecule has 2 aromatic rings. The van der Waals surface area contributed by atoms with Crippen LogP contribution < -0.4 is 0 Å². The van der Waals surface area contributed by atoms with Gasteiger partial charge in [0.25, 0.3) is 0 Å². The number of aliphatic imine (C=N–C) groups is 1. The molecule has 22 heavy (non-hydrogen) atoms. The number of hydrogen-bond donors (Lipinski definition) is 0. The fourth-order valence-electron chi connectivity index (χ4n) is 2.46. The van der Waals surface area contributed by atoms with Gasteiger partial charge in [0, 0.05) is 37.8 Å². The van der Waals surface area contributed by atoms with E-state index in [-0.39, 0.29) is 0 Å². The highest BCUT2D eigenvalue weighted by Crippen LogP contribution is 2.20. The van der Waals surface area contributed by atoms with E-state index < -0.39 is 0 Å². The first kappa shape index (κ1) is 15.1. The molecular weight excluding hydrogens is 290 g/mol. The number of rotatable bonds is 4. The zero-order chi connectivity index (χ0) is 15.2. The number of amidine groups is 1. The van der Waals surface area contributed by atoms with Crippen LogP contribution in [0.3, 0.4) is 0 Å². The molecule has 1 aromatic heterocycles. The van der Waals surface area contributed by atoms with Gasteiger partial charge in [-0.25, -0.2) is 0 Å². The first-order chi connectivity index (χ1) is 10.8. The van der Waals surface area contributed by atoms with Gasteiger partial charge in [-0.3, -0.25) is 9.98 Å². The Morgan fingerprint density at radius 3 is 2.59 bits per heavy atom. The highest BCUT2D eigenvalue weighted by atomic mass is 32.2. The summed E-state index contributed by atoms with van der Waals surface area (Å²) in [4.78, 5) is 11.3. The minimum absolute atomic E-state index is 0.855. The maximum absolute atomic E-state index is 4.72. The quantitative estimate of drug-likeness (QED) is 0.858. The van der Waals surface area contributed by atoms with Gasteiger partial charge in [0.15, 0.2) is 5.17 Å². The lowest BCUT2D eigenvalue weighted by molar-refractivity contribution is 0.412. The average molecular weight is 311 g/mol. The third-order valence-electron chi connectivity index (χ3n) is 3.64. The molecule has 4 heteroatoms. The lowest BCUT2D eigenvalue weighted by Crippen LogP contribution is -2.30. The SMILES string of the molecule is Cc1ccc(CN(Cc2cccnc2)C2=NCCCS2)cc1. The fourth-order valence-corrected chi connectivity index (χ4v) is 3.41. The predicted molar refractivity (Wildman–Crippen MR) is 94.0 cm³/mol.